The number of benzene rings is 1. The van der Waals surface area contributed by atoms with Crippen LogP contribution in [0.2, 0.25) is 0 Å². The first-order chi connectivity index (χ1) is 7.63. The van der Waals surface area contributed by atoms with Crippen LogP contribution in [-0.4, -0.2) is 11.8 Å². The van der Waals surface area contributed by atoms with Gasteiger partial charge >= 0.3 is 0 Å². The van der Waals surface area contributed by atoms with Gasteiger partial charge in [-0.3, -0.25) is 0 Å². The Hall–Kier alpha value is -0.470. The van der Waals surface area contributed by atoms with Gasteiger partial charge < -0.3 is 5.32 Å². The van der Waals surface area contributed by atoms with E-state index in [9.17, 15) is 0 Å². The quantitative estimate of drug-likeness (QED) is 0.840. The van der Waals surface area contributed by atoms with Crippen molar-refractivity contribution in [2.24, 2.45) is 0 Å². The Kier molecular flexibility index (Phi) is 3.60. The Labute approximate surface area is 103 Å². The molecule has 88 valence electrons. The second-order valence-corrected chi connectivity index (χ2v) is 6.07. The largest absolute Gasteiger partial charge is 0.309 e. The number of rotatable bonds is 2. The second kappa shape index (κ2) is 4.80. The fraction of sp³-hybridized carbons (Fsp3) is 0.571. The highest BCUT2D eigenvalue weighted by atomic mass is 32.2. The van der Waals surface area contributed by atoms with Gasteiger partial charge in [-0.15, -0.1) is 0 Å². The van der Waals surface area contributed by atoms with Crippen molar-refractivity contribution in [3.05, 3.63) is 34.4 Å². The molecular weight excluding hydrogens is 214 g/mol. The summed E-state index contributed by atoms with van der Waals surface area (Å²) >= 11 is 2.06. The average molecular weight is 235 g/mol. The first-order valence-electron chi connectivity index (χ1n) is 6.08. The van der Waals surface area contributed by atoms with Gasteiger partial charge in [0.1, 0.15) is 0 Å². The summed E-state index contributed by atoms with van der Waals surface area (Å²) in [6.07, 6.45) is 0. The second-order valence-electron chi connectivity index (χ2n) is 4.71. The Balaban J connectivity index is 2.45. The van der Waals surface area contributed by atoms with E-state index in [2.05, 4.69) is 56.9 Å². The van der Waals surface area contributed by atoms with Crippen LogP contribution < -0.4 is 5.32 Å². The minimum Gasteiger partial charge on any atom is -0.309 e. The Morgan fingerprint density at radius 3 is 2.81 bits per heavy atom. The topological polar surface area (TPSA) is 12.0 Å². The van der Waals surface area contributed by atoms with Crippen molar-refractivity contribution in [2.75, 3.05) is 6.54 Å². The van der Waals surface area contributed by atoms with Crippen LogP contribution in [0.5, 0.6) is 0 Å². The van der Waals surface area contributed by atoms with E-state index in [1.807, 2.05) is 0 Å². The molecule has 1 aliphatic heterocycles. The van der Waals surface area contributed by atoms with Gasteiger partial charge in [0.25, 0.3) is 0 Å². The minimum atomic E-state index is 0.527. The van der Waals surface area contributed by atoms with Crippen molar-refractivity contribution in [1.29, 1.82) is 0 Å². The number of fused-ring (bicyclic) bond motifs is 1. The average Bonchev–Trinajstić information content (AvgIpc) is 2.22. The van der Waals surface area contributed by atoms with Gasteiger partial charge in [0.15, 0.2) is 0 Å². The van der Waals surface area contributed by atoms with Crippen LogP contribution in [0.3, 0.4) is 0 Å². The van der Waals surface area contributed by atoms with Gasteiger partial charge in [-0.1, -0.05) is 31.5 Å². The molecule has 1 aromatic rings. The number of nitrogens with one attached hydrogen (secondary N) is 1. The Morgan fingerprint density at radius 2 is 2.12 bits per heavy atom. The van der Waals surface area contributed by atoms with Crippen LogP contribution in [0.15, 0.2) is 12.1 Å². The molecule has 2 atom stereocenters. The third-order valence-electron chi connectivity index (χ3n) is 3.32. The van der Waals surface area contributed by atoms with E-state index in [1.165, 1.54) is 22.4 Å². The summed E-state index contributed by atoms with van der Waals surface area (Å²) in [5.74, 6) is 1.17. The summed E-state index contributed by atoms with van der Waals surface area (Å²) in [7, 11) is 0. The molecule has 1 heterocycles. The minimum absolute atomic E-state index is 0.527. The predicted octanol–water partition coefficient (Wildman–Crippen LogP) is 3.59. The molecule has 2 rings (SSSR count). The maximum Gasteiger partial charge on any atom is 0.0443 e. The third-order valence-corrected chi connectivity index (χ3v) is 4.60. The molecule has 0 aliphatic carbocycles. The fourth-order valence-electron chi connectivity index (χ4n) is 2.67. The lowest BCUT2D eigenvalue weighted by atomic mass is 9.92. The SMILES string of the molecule is CCNC1c2c(C)cc(C)cc2CSC1C. The molecule has 2 heteroatoms. The van der Waals surface area contributed by atoms with Crippen molar-refractivity contribution < 1.29 is 0 Å². The van der Waals surface area contributed by atoms with Crippen molar-refractivity contribution in [3.63, 3.8) is 0 Å². The third kappa shape index (κ3) is 2.14. The van der Waals surface area contributed by atoms with Crippen LogP contribution in [0.25, 0.3) is 0 Å². The first kappa shape index (κ1) is 12.0. The van der Waals surface area contributed by atoms with Gasteiger partial charge in [0.2, 0.25) is 0 Å². The lowest BCUT2D eigenvalue weighted by molar-refractivity contribution is 0.537. The first-order valence-corrected chi connectivity index (χ1v) is 7.13. The number of hydrogen-bond acceptors (Lipinski definition) is 2. The summed E-state index contributed by atoms with van der Waals surface area (Å²) in [6.45, 7) is 10.0. The highest BCUT2D eigenvalue weighted by Crippen LogP contribution is 2.39. The molecule has 0 spiro atoms. The smallest absolute Gasteiger partial charge is 0.0443 e. The molecule has 0 saturated heterocycles. The zero-order valence-corrected chi connectivity index (χ0v) is 11.4. The number of hydrogen-bond donors (Lipinski definition) is 1. The molecule has 16 heavy (non-hydrogen) atoms. The molecule has 0 radical (unpaired) electrons. The van der Waals surface area contributed by atoms with Crippen LogP contribution in [0, 0.1) is 13.8 Å². The molecule has 1 N–H and O–H groups in total. The summed E-state index contributed by atoms with van der Waals surface area (Å²) < 4.78 is 0. The standard InChI is InChI=1S/C14H21NS/c1-5-15-14-11(4)16-8-12-7-9(2)6-10(3)13(12)14/h6-7,11,14-15H,5,8H2,1-4H3. The van der Waals surface area contributed by atoms with Crippen LogP contribution in [0.4, 0.5) is 0 Å². The molecule has 0 saturated carbocycles. The monoisotopic (exact) mass is 235 g/mol. The molecular formula is C14H21NS. The fourth-order valence-corrected chi connectivity index (χ4v) is 3.78. The molecule has 0 fully saturated rings. The van der Waals surface area contributed by atoms with Crippen molar-refractivity contribution in [1.82, 2.24) is 5.32 Å². The Morgan fingerprint density at radius 1 is 1.38 bits per heavy atom. The lowest BCUT2D eigenvalue weighted by Crippen LogP contribution is -2.32. The van der Waals surface area contributed by atoms with E-state index < -0.39 is 0 Å². The van der Waals surface area contributed by atoms with Gasteiger partial charge in [-0.25, -0.2) is 0 Å². The van der Waals surface area contributed by atoms with Crippen LogP contribution in [-0.2, 0) is 5.75 Å². The van der Waals surface area contributed by atoms with Gasteiger partial charge in [0.05, 0.1) is 0 Å². The molecule has 2 unspecified atom stereocenters. The van der Waals surface area contributed by atoms with Crippen LogP contribution in [0.1, 0.15) is 42.1 Å². The van der Waals surface area contributed by atoms with E-state index in [4.69, 9.17) is 0 Å². The van der Waals surface area contributed by atoms with Crippen molar-refractivity contribution >= 4 is 11.8 Å². The lowest BCUT2D eigenvalue weighted by Gasteiger charge is -2.33. The highest BCUT2D eigenvalue weighted by Gasteiger charge is 2.27. The van der Waals surface area contributed by atoms with E-state index in [1.54, 1.807) is 5.56 Å². The summed E-state index contributed by atoms with van der Waals surface area (Å²) in [5.41, 5.74) is 5.93. The maximum absolute atomic E-state index is 3.63. The number of thioether (sulfide) groups is 1. The van der Waals surface area contributed by atoms with Gasteiger partial charge in [-0.2, -0.15) is 11.8 Å². The van der Waals surface area contributed by atoms with Crippen LogP contribution >= 0.6 is 11.8 Å². The van der Waals surface area contributed by atoms with E-state index in [0.717, 1.165) is 6.54 Å². The number of aryl methyl sites for hydroxylation is 2. The zero-order valence-electron chi connectivity index (χ0n) is 10.6. The highest BCUT2D eigenvalue weighted by molar-refractivity contribution is 7.99. The maximum atomic E-state index is 3.63. The molecule has 1 nitrogen and oxygen atoms in total. The van der Waals surface area contributed by atoms with E-state index in [-0.39, 0.29) is 0 Å². The van der Waals surface area contributed by atoms with Crippen molar-refractivity contribution in [3.8, 4) is 0 Å². The predicted molar refractivity (Wildman–Crippen MR) is 73.1 cm³/mol. The molecule has 0 aromatic heterocycles. The Bertz CT molecular complexity index is 387. The molecule has 0 amide bonds. The normalized spacial score (nSPS) is 24.2. The molecule has 1 aromatic carbocycles. The molecule has 0 bridgehead atoms. The van der Waals surface area contributed by atoms with Crippen molar-refractivity contribution in [2.45, 2.75) is 44.7 Å². The van der Waals surface area contributed by atoms with Gasteiger partial charge in [0, 0.05) is 17.0 Å². The zero-order chi connectivity index (χ0) is 11.7. The van der Waals surface area contributed by atoms with Gasteiger partial charge in [-0.05, 0) is 37.1 Å². The van der Waals surface area contributed by atoms with E-state index >= 15 is 0 Å². The summed E-state index contributed by atoms with van der Waals surface area (Å²) in [6, 6.07) is 5.19. The van der Waals surface area contributed by atoms with E-state index in [0.29, 0.717) is 11.3 Å². The summed E-state index contributed by atoms with van der Waals surface area (Å²) in [4.78, 5) is 0. The molecule has 1 aliphatic rings. The summed E-state index contributed by atoms with van der Waals surface area (Å²) in [5, 5.41) is 4.30.